The molecular formula is C31H45NO7. The van der Waals surface area contributed by atoms with Crippen molar-refractivity contribution in [3.63, 3.8) is 0 Å². The zero-order valence-electron chi connectivity index (χ0n) is 24.4. The summed E-state index contributed by atoms with van der Waals surface area (Å²) in [6.07, 6.45) is 6.66. The van der Waals surface area contributed by atoms with Crippen molar-refractivity contribution < 1.29 is 33.8 Å². The molecule has 6 aliphatic rings. The van der Waals surface area contributed by atoms with Crippen molar-refractivity contribution in [1.82, 2.24) is 4.90 Å². The van der Waals surface area contributed by atoms with Gasteiger partial charge < -0.3 is 14.6 Å². The van der Waals surface area contributed by atoms with Crippen LogP contribution in [-0.4, -0.2) is 58.4 Å². The van der Waals surface area contributed by atoms with Crippen molar-refractivity contribution in [3.05, 3.63) is 11.3 Å². The van der Waals surface area contributed by atoms with Crippen LogP contribution in [0.4, 0.5) is 0 Å². The van der Waals surface area contributed by atoms with Gasteiger partial charge in [0.25, 0.3) is 5.91 Å². The quantitative estimate of drug-likeness (QED) is 0.325. The maximum absolute atomic E-state index is 13.6. The topological polar surface area (TPSA) is 110 Å². The number of Topliss-reactive ketones (excluding diaryl/α,β-unsaturated/α-hetero) is 2. The molecule has 4 bridgehead atoms. The first kappa shape index (κ1) is 28.3. The maximum Gasteiger partial charge on any atom is 0.306 e. The molecule has 39 heavy (non-hydrogen) atoms. The van der Waals surface area contributed by atoms with E-state index in [9.17, 15) is 24.3 Å². The minimum absolute atomic E-state index is 0.0316. The first-order chi connectivity index (χ1) is 18.1. The highest BCUT2D eigenvalue weighted by molar-refractivity contribution is 6.24. The summed E-state index contributed by atoms with van der Waals surface area (Å²) in [6.45, 7) is 11.2. The Morgan fingerprint density at radius 3 is 2.08 bits per heavy atom. The summed E-state index contributed by atoms with van der Waals surface area (Å²) in [7, 11) is 0. The van der Waals surface area contributed by atoms with Crippen LogP contribution in [0, 0.1) is 34.0 Å². The summed E-state index contributed by atoms with van der Waals surface area (Å²) >= 11 is 0. The van der Waals surface area contributed by atoms with Crippen LogP contribution in [0.15, 0.2) is 11.3 Å². The van der Waals surface area contributed by atoms with Gasteiger partial charge in [-0.1, -0.05) is 41.5 Å². The number of ketones is 2. The largest absolute Gasteiger partial charge is 0.508 e. The molecule has 4 saturated carbocycles. The van der Waals surface area contributed by atoms with Gasteiger partial charge in [0.2, 0.25) is 0 Å². The Hall–Kier alpha value is -2.22. The summed E-state index contributed by atoms with van der Waals surface area (Å²) in [5.41, 5.74) is -3.24. The lowest BCUT2D eigenvalue weighted by atomic mass is 9.50. The van der Waals surface area contributed by atoms with Gasteiger partial charge in [-0.3, -0.25) is 24.1 Å². The van der Waals surface area contributed by atoms with Gasteiger partial charge in [-0.15, -0.1) is 0 Å². The van der Waals surface area contributed by atoms with Crippen LogP contribution in [0.5, 0.6) is 0 Å². The number of ether oxygens (including phenoxy) is 2. The van der Waals surface area contributed by atoms with Gasteiger partial charge in [0.15, 0.2) is 17.1 Å². The molecule has 1 amide bonds. The van der Waals surface area contributed by atoms with Crippen LogP contribution in [-0.2, 0) is 28.7 Å². The fourth-order valence-electron chi connectivity index (χ4n) is 8.69. The lowest BCUT2D eigenvalue weighted by Gasteiger charge is -2.56. The van der Waals surface area contributed by atoms with Gasteiger partial charge in [-0.25, -0.2) is 0 Å². The Balaban J connectivity index is 1.26. The predicted octanol–water partition coefficient (Wildman–Crippen LogP) is 4.90. The van der Waals surface area contributed by atoms with Crippen molar-refractivity contribution in [2.24, 2.45) is 34.0 Å². The molecule has 8 heteroatoms. The van der Waals surface area contributed by atoms with E-state index in [1.807, 2.05) is 20.8 Å². The monoisotopic (exact) mass is 543 g/mol. The van der Waals surface area contributed by atoms with Crippen molar-refractivity contribution in [2.75, 3.05) is 13.2 Å². The van der Waals surface area contributed by atoms with Gasteiger partial charge in [0, 0.05) is 23.7 Å². The number of amides is 1. The smallest absolute Gasteiger partial charge is 0.306 e. The van der Waals surface area contributed by atoms with Crippen molar-refractivity contribution in [3.8, 4) is 0 Å². The number of rotatable bonds is 9. The number of aliphatic hydroxyl groups is 1. The molecule has 2 atom stereocenters. The maximum atomic E-state index is 13.6. The number of hydrogen-bond donors (Lipinski definition) is 1. The van der Waals surface area contributed by atoms with Crippen LogP contribution in [0.3, 0.4) is 0 Å². The average Bonchev–Trinajstić information content (AvgIpc) is 3.31. The molecule has 0 radical (unpaired) electrons. The second-order valence-electron chi connectivity index (χ2n) is 15.1. The van der Waals surface area contributed by atoms with Gasteiger partial charge in [0.05, 0.1) is 19.6 Å². The molecule has 216 valence electrons. The van der Waals surface area contributed by atoms with E-state index in [-0.39, 0.29) is 48.6 Å². The van der Waals surface area contributed by atoms with Crippen LogP contribution >= 0.6 is 0 Å². The van der Waals surface area contributed by atoms with E-state index in [4.69, 9.17) is 9.47 Å². The number of esters is 1. The Bertz CT molecular complexity index is 1080. The molecule has 4 aliphatic carbocycles. The summed E-state index contributed by atoms with van der Waals surface area (Å²) in [6, 6.07) is 0. The molecule has 8 nitrogen and oxygen atoms in total. The summed E-state index contributed by atoms with van der Waals surface area (Å²) in [4.78, 5) is 54.4. The number of fused-ring (bicyclic) bond motifs is 1. The van der Waals surface area contributed by atoms with Crippen LogP contribution < -0.4 is 0 Å². The van der Waals surface area contributed by atoms with Crippen LogP contribution in [0.25, 0.3) is 0 Å². The van der Waals surface area contributed by atoms with Gasteiger partial charge >= 0.3 is 5.97 Å². The third-order valence-electron chi connectivity index (χ3n) is 9.93. The van der Waals surface area contributed by atoms with E-state index in [1.54, 1.807) is 20.8 Å². The molecule has 0 spiro atoms. The zero-order valence-corrected chi connectivity index (χ0v) is 24.4. The van der Waals surface area contributed by atoms with E-state index in [0.717, 1.165) is 37.0 Å². The number of carbonyl (C=O) groups is 4. The minimum atomic E-state index is -1.67. The molecule has 2 heterocycles. The zero-order chi connectivity index (χ0) is 28.5. The second-order valence-corrected chi connectivity index (χ2v) is 15.1. The van der Waals surface area contributed by atoms with E-state index < -0.39 is 40.0 Å². The molecule has 5 fully saturated rings. The van der Waals surface area contributed by atoms with E-state index >= 15 is 0 Å². The molecule has 6 rings (SSSR count). The SMILES string of the molecule is CCC(=O)[C@]12CO[C@H](C(C)(C)C)N1C(=O)C(C(=O)CC(C)(C)CC(=O)OCC13CC4CC(CC(C4)C1)C3)=C2O. The summed E-state index contributed by atoms with van der Waals surface area (Å²) < 4.78 is 11.7. The van der Waals surface area contributed by atoms with Gasteiger partial charge in [0.1, 0.15) is 17.6 Å². The second kappa shape index (κ2) is 9.42. The van der Waals surface area contributed by atoms with E-state index in [0.29, 0.717) is 6.61 Å². The van der Waals surface area contributed by atoms with Crippen molar-refractivity contribution in [2.45, 2.75) is 111 Å². The van der Waals surface area contributed by atoms with Crippen LogP contribution in [0.1, 0.15) is 99.3 Å². The molecule has 1 saturated heterocycles. The minimum Gasteiger partial charge on any atom is -0.508 e. The first-order valence-electron chi connectivity index (χ1n) is 14.7. The molecule has 2 aliphatic heterocycles. The Labute approximate surface area is 231 Å². The first-order valence-corrected chi connectivity index (χ1v) is 14.7. The standard InChI is InChI=1S/C31H45NO7/c1-7-22(34)31-17-39-27(28(2,3)4)32(31)26(37)24(25(31)36)21(33)14-29(5,6)15-23(35)38-16-30-11-18-8-19(12-30)10-20(9-18)13-30/h18-20,27,36H,7-17H2,1-6H3/t18?,19?,20?,27-,30?,31+/m1/s1. The van der Waals surface area contributed by atoms with Crippen LogP contribution in [0.2, 0.25) is 0 Å². The number of hydrogen-bond acceptors (Lipinski definition) is 7. The fourth-order valence-corrected chi connectivity index (χ4v) is 8.69. The highest BCUT2D eigenvalue weighted by Crippen LogP contribution is 2.60. The van der Waals surface area contributed by atoms with E-state index in [1.165, 1.54) is 24.2 Å². The Morgan fingerprint density at radius 2 is 1.56 bits per heavy atom. The molecular weight excluding hydrogens is 498 g/mol. The van der Waals surface area contributed by atoms with Gasteiger partial charge in [-0.05, 0) is 61.7 Å². The third kappa shape index (κ3) is 4.74. The molecule has 0 aromatic heterocycles. The molecule has 0 aromatic carbocycles. The summed E-state index contributed by atoms with van der Waals surface area (Å²) in [5.74, 6) is -0.148. The van der Waals surface area contributed by atoms with Crippen molar-refractivity contribution in [1.29, 1.82) is 0 Å². The highest BCUT2D eigenvalue weighted by Gasteiger charge is 2.65. The third-order valence-corrected chi connectivity index (χ3v) is 9.93. The van der Waals surface area contributed by atoms with E-state index in [2.05, 4.69) is 0 Å². The predicted molar refractivity (Wildman–Crippen MR) is 143 cm³/mol. The molecule has 0 unspecified atom stereocenters. The number of aliphatic hydroxyl groups excluding tert-OH is 1. The molecule has 0 aromatic rings. The summed E-state index contributed by atoms with van der Waals surface area (Å²) in [5, 5.41) is 11.3. The van der Waals surface area contributed by atoms with Gasteiger partial charge in [-0.2, -0.15) is 0 Å². The Kier molecular flexibility index (Phi) is 6.84. The lowest BCUT2D eigenvalue weighted by molar-refractivity contribution is -0.157. The number of nitrogens with zero attached hydrogens (tertiary/aromatic N) is 1. The normalized spacial score (nSPS) is 35.5. The lowest BCUT2D eigenvalue weighted by Crippen LogP contribution is -2.56. The average molecular weight is 544 g/mol. The van der Waals surface area contributed by atoms with Crippen molar-refractivity contribution >= 4 is 23.4 Å². The fraction of sp³-hybridized carbons (Fsp3) is 0.806. The Morgan fingerprint density at radius 1 is 1.00 bits per heavy atom. The highest BCUT2D eigenvalue weighted by atomic mass is 16.5. The number of carbonyl (C=O) groups excluding carboxylic acids is 4. The molecule has 1 N–H and O–H groups in total.